The average Bonchev–Trinajstić information content (AvgIpc) is 2.45. The standard InChI is InChI=1S/C11H10ClNO2/c1-6-8(5-10(14)15)7-3-2-4-9(12)11(7)13-6/h2-4,13H,5H2,1H3,(H,14,15). The van der Waals surface area contributed by atoms with Gasteiger partial charge >= 0.3 is 5.97 Å². The molecule has 0 unspecified atom stereocenters. The summed E-state index contributed by atoms with van der Waals surface area (Å²) in [5, 5.41) is 10.3. The molecule has 0 atom stereocenters. The van der Waals surface area contributed by atoms with Crippen LogP contribution in [0.1, 0.15) is 11.3 Å². The van der Waals surface area contributed by atoms with Crippen molar-refractivity contribution >= 4 is 28.5 Å². The summed E-state index contributed by atoms with van der Waals surface area (Å²) in [5.74, 6) is -0.834. The zero-order chi connectivity index (χ0) is 11.0. The lowest BCUT2D eigenvalue weighted by Crippen LogP contribution is -2.00. The van der Waals surface area contributed by atoms with E-state index in [0.717, 1.165) is 22.2 Å². The number of rotatable bonds is 2. The number of hydrogen-bond donors (Lipinski definition) is 2. The van der Waals surface area contributed by atoms with E-state index in [0.29, 0.717) is 5.02 Å². The van der Waals surface area contributed by atoms with Crippen molar-refractivity contribution in [2.45, 2.75) is 13.3 Å². The molecule has 1 heterocycles. The van der Waals surface area contributed by atoms with E-state index in [1.807, 2.05) is 19.1 Å². The average molecular weight is 224 g/mol. The van der Waals surface area contributed by atoms with Gasteiger partial charge in [-0.25, -0.2) is 0 Å². The second kappa shape index (κ2) is 3.59. The van der Waals surface area contributed by atoms with Gasteiger partial charge in [0.1, 0.15) is 0 Å². The number of fused-ring (bicyclic) bond motifs is 1. The molecule has 78 valence electrons. The molecule has 4 heteroatoms. The first-order valence-corrected chi connectivity index (χ1v) is 4.95. The van der Waals surface area contributed by atoms with Gasteiger partial charge in [0, 0.05) is 11.1 Å². The van der Waals surface area contributed by atoms with Crippen LogP contribution in [0.15, 0.2) is 18.2 Å². The fourth-order valence-corrected chi connectivity index (χ4v) is 1.97. The molecule has 1 aromatic heterocycles. The summed E-state index contributed by atoms with van der Waals surface area (Å²) >= 11 is 6.00. The molecule has 2 rings (SSSR count). The van der Waals surface area contributed by atoms with Crippen LogP contribution in [0.4, 0.5) is 0 Å². The largest absolute Gasteiger partial charge is 0.481 e. The van der Waals surface area contributed by atoms with E-state index in [1.165, 1.54) is 0 Å². The zero-order valence-electron chi connectivity index (χ0n) is 8.17. The van der Waals surface area contributed by atoms with E-state index in [-0.39, 0.29) is 6.42 Å². The van der Waals surface area contributed by atoms with Crippen molar-refractivity contribution in [3.8, 4) is 0 Å². The van der Waals surface area contributed by atoms with E-state index in [2.05, 4.69) is 4.98 Å². The molecule has 1 aromatic carbocycles. The number of aliphatic carboxylic acids is 1. The molecule has 0 spiro atoms. The van der Waals surface area contributed by atoms with E-state index >= 15 is 0 Å². The number of carbonyl (C=O) groups is 1. The first-order chi connectivity index (χ1) is 7.09. The van der Waals surface area contributed by atoms with Crippen LogP contribution in [0.2, 0.25) is 5.02 Å². The van der Waals surface area contributed by atoms with Gasteiger partial charge in [-0.15, -0.1) is 0 Å². The van der Waals surface area contributed by atoms with Crippen LogP contribution in [-0.2, 0) is 11.2 Å². The molecule has 0 radical (unpaired) electrons. The fraction of sp³-hybridized carbons (Fsp3) is 0.182. The molecule has 2 N–H and O–H groups in total. The molecular formula is C11H10ClNO2. The molecule has 0 saturated heterocycles. The number of halogens is 1. The Labute approximate surface area is 91.7 Å². The molecule has 0 bridgehead atoms. The van der Waals surface area contributed by atoms with Crippen LogP contribution >= 0.6 is 11.6 Å². The Bertz CT molecular complexity index is 531. The summed E-state index contributed by atoms with van der Waals surface area (Å²) in [6.07, 6.45) is 0.0200. The van der Waals surface area contributed by atoms with E-state index in [9.17, 15) is 4.79 Å². The number of aryl methyl sites for hydroxylation is 1. The molecule has 0 fully saturated rings. The third kappa shape index (κ3) is 1.70. The third-order valence-corrected chi connectivity index (χ3v) is 2.75. The highest BCUT2D eigenvalue weighted by Gasteiger charge is 2.12. The summed E-state index contributed by atoms with van der Waals surface area (Å²) < 4.78 is 0. The summed E-state index contributed by atoms with van der Waals surface area (Å²) in [6, 6.07) is 5.48. The third-order valence-electron chi connectivity index (χ3n) is 2.43. The molecule has 2 aromatic rings. The summed E-state index contributed by atoms with van der Waals surface area (Å²) in [5.41, 5.74) is 2.48. The SMILES string of the molecule is Cc1[nH]c2c(Cl)cccc2c1CC(=O)O. The van der Waals surface area contributed by atoms with Gasteiger partial charge in [0.15, 0.2) is 0 Å². The van der Waals surface area contributed by atoms with Gasteiger partial charge in [-0.2, -0.15) is 0 Å². The van der Waals surface area contributed by atoms with Crippen LogP contribution in [0, 0.1) is 6.92 Å². The highest BCUT2D eigenvalue weighted by atomic mass is 35.5. The maximum atomic E-state index is 10.7. The van der Waals surface area contributed by atoms with Crippen LogP contribution in [0.25, 0.3) is 10.9 Å². The number of carboxylic acids is 1. The summed E-state index contributed by atoms with van der Waals surface area (Å²) in [4.78, 5) is 13.8. The van der Waals surface area contributed by atoms with Gasteiger partial charge in [0.2, 0.25) is 0 Å². The molecular weight excluding hydrogens is 214 g/mol. The van der Waals surface area contributed by atoms with Gasteiger partial charge in [-0.1, -0.05) is 23.7 Å². The first kappa shape index (κ1) is 10.1. The number of carboxylic acid groups (broad SMARTS) is 1. The van der Waals surface area contributed by atoms with Crippen molar-refractivity contribution in [3.63, 3.8) is 0 Å². The quantitative estimate of drug-likeness (QED) is 0.823. The maximum Gasteiger partial charge on any atom is 0.307 e. The number of para-hydroxylation sites is 1. The second-order valence-electron chi connectivity index (χ2n) is 3.46. The predicted octanol–water partition coefficient (Wildman–Crippen LogP) is 2.76. The van der Waals surface area contributed by atoms with E-state index < -0.39 is 5.97 Å². The topological polar surface area (TPSA) is 53.1 Å². The molecule has 0 aliphatic rings. The molecule has 0 aliphatic carbocycles. The highest BCUT2D eigenvalue weighted by Crippen LogP contribution is 2.28. The molecule has 0 amide bonds. The van der Waals surface area contributed by atoms with Crippen molar-refractivity contribution in [2.75, 3.05) is 0 Å². The first-order valence-electron chi connectivity index (χ1n) is 4.57. The Morgan fingerprint density at radius 1 is 1.53 bits per heavy atom. The molecule has 15 heavy (non-hydrogen) atoms. The van der Waals surface area contributed by atoms with Crippen molar-refractivity contribution in [1.29, 1.82) is 0 Å². The fourth-order valence-electron chi connectivity index (χ4n) is 1.75. The van der Waals surface area contributed by atoms with Crippen LogP contribution in [0.5, 0.6) is 0 Å². The second-order valence-corrected chi connectivity index (χ2v) is 3.87. The summed E-state index contributed by atoms with van der Waals surface area (Å²) in [6.45, 7) is 1.86. The lowest BCUT2D eigenvalue weighted by atomic mass is 10.1. The maximum absolute atomic E-state index is 10.7. The number of aromatic amines is 1. The van der Waals surface area contributed by atoms with Gasteiger partial charge in [-0.05, 0) is 18.6 Å². The smallest absolute Gasteiger partial charge is 0.307 e. The lowest BCUT2D eigenvalue weighted by Gasteiger charge is -1.96. The minimum atomic E-state index is -0.834. The lowest BCUT2D eigenvalue weighted by molar-refractivity contribution is -0.136. The number of H-pyrrole nitrogens is 1. The van der Waals surface area contributed by atoms with Crippen molar-refractivity contribution in [2.24, 2.45) is 0 Å². The van der Waals surface area contributed by atoms with Gasteiger partial charge in [0.05, 0.1) is 17.0 Å². The zero-order valence-corrected chi connectivity index (χ0v) is 8.93. The van der Waals surface area contributed by atoms with Gasteiger partial charge in [-0.3, -0.25) is 4.79 Å². The number of aromatic nitrogens is 1. The minimum absolute atomic E-state index is 0.0200. The normalized spacial score (nSPS) is 10.8. The van der Waals surface area contributed by atoms with Crippen LogP contribution in [0.3, 0.4) is 0 Å². The molecule has 3 nitrogen and oxygen atoms in total. The van der Waals surface area contributed by atoms with Crippen molar-refractivity contribution < 1.29 is 9.90 Å². The van der Waals surface area contributed by atoms with Crippen molar-refractivity contribution in [1.82, 2.24) is 4.98 Å². The number of hydrogen-bond acceptors (Lipinski definition) is 1. The van der Waals surface area contributed by atoms with Gasteiger partial charge < -0.3 is 10.1 Å². The molecule has 0 aliphatic heterocycles. The Balaban J connectivity index is 2.68. The predicted molar refractivity (Wildman–Crippen MR) is 59.4 cm³/mol. The Morgan fingerprint density at radius 2 is 2.27 bits per heavy atom. The molecule has 0 saturated carbocycles. The monoisotopic (exact) mass is 223 g/mol. The van der Waals surface area contributed by atoms with Crippen LogP contribution in [-0.4, -0.2) is 16.1 Å². The van der Waals surface area contributed by atoms with Crippen molar-refractivity contribution in [3.05, 3.63) is 34.5 Å². The Hall–Kier alpha value is -1.48. The van der Waals surface area contributed by atoms with E-state index in [4.69, 9.17) is 16.7 Å². The van der Waals surface area contributed by atoms with E-state index in [1.54, 1.807) is 6.07 Å². The number of benzene rings is 1. The number of nitrogens with one attached hydrogen (secondary N) is 1. The van der Waals surface area contributed by atoms with Crippen LogP contribution < -0.4 is 0 Å². The highest BCUT2D eigenvalue weighted by molar-refractivity contribution is 6.35. The summed E-state index contributed by atoms with van der Waals surface area (Å²) in [7, 11) is 0. The minimum Gasteiger partial charge on any atom is -0.481 e. The Morgan fingerprint density at radius 3 is 2.93 bits per heavy atom. The van der Waals surface area contributed by atoms with Gasteiger partial charge in [0.25, 0.3) is 0 Å². The Kier molecular flexibility index (Phi) is 2.40.